The monoisotopic (exact) mass is 251 g/mol. The van der Waals surface area contributed by atoms with Gasteiger partial charge in [0.05, 0.1) is 0 Å². The van der Waals surface area contributed by atoms with Gasteiger partial charge in [0.1, 0.15) is 6.34 Å². The van der Waals surface area contributed by atoms with Crippen LogP contribution in [0.15, 0.2) is 5.10 Å². The standard InChI is InChI=1S/C6H7ClF5N3/c1-2-15-4(14(7)3-13-15)5(8,9)6(10,11)12/h3-4H,2H2,1H3. The third-order valence-corrected chi connectivity index (χ3v) is 2.12. The number of nitrogens with zero attached hydrogens (tertiary/aromatic N) is 3. The molecule has 0 aliphatic carbocycles. The maximum atomic E-state index is 13.0. The van der Waals surface area contributed by atoms with Crippen LogP contribution < -0.4 is 0 Å². The molecular formula is C6H7ClF5N3. The average molecular weight is 252 g/mol. The zero-order valence-electron chi connectivity index (χ0n) is 7.47. The van der Waals surface area contributed by atoms with E-state index in [1.807, 2.05) is 0 Å². The smallest absolute Gasteiger partial charge is 0.265 e. The van der Waals surface area contributed by atoms with Crippen LogP contribution >= 0.6 is 11.8 Å². The van der Waals surface area contributed by atoms with E-state index in [4.69, 9.17) is 11.8 Å². The molecule has 0 radical (unpaired) electrons. The Morgan fingerprint density at radius 3 is 2.27 bits per heavy atom. The molecule has 0 bridgehead atoms. The summed E-state index contributed by atoms with van der Waals surface area (Å²) in [5.41, 5.74) is 0. The highest BCUT2D eigenvalue weighted by Crippen LogP contribution is 2.42. The Bertz CT molecular complexity index is 266. The van der Waals surface area contributed by atoms with Gasteiger partial charge in [-0.15, -0.1) is 0 Å². The van der Waals surface area contributed by atoms with Crippen LogP contribution in [0.2, 0.25) is 0 Å². The van der Waals surface area contributed by atoms with Gasteiger partial charge in [-0.25, -0.2) is 4.42 Å². The van der Waals surface area contributed by atoms with Crippen molar-refractivity contribution in [2.24, 2.45) is 5.10 Å². The van der Waals surface area contributed by atoms with Gasteiger partial charge in [-0.3, -0.25) is 5.01 Å². The Kier molecular flexibility index (Phi) is 2.99. The third-order valence-electron chi connectivity index (χ3n) is 1.85. The van der Waals surface area contributed by atoms with Gasteiger partial charge in [-0.1, -0.05) is 0 Å². The van der Waals surface area contributed by atoms with Crippen molar-refractivity contribution in [1.82, 2.24) is 9.43 Å². The molecule has 1 aliphatic heterocycles. The number of rotatable bonds is 2. The van der Waals surface area contributed by atoms with Crippen molar-refractivity contribution < 1.29 is 22.0 Å². The molecule has 88 valence electrons. The van der Waals surface area contributed by atoms with E-state index in [1.54, 1.807) is 0 Å². The van der Waals surface area contributed by atoms with Gasteiger partial charge in [0.2, 0.25) is 6.17 Å². The molecule has 15 heavy (non-hydrogen) atoms. The number of hydrogen-bond acceptors (Lipinski definition) is 3. The summed E-state index contributed by atoms with van der Waals surface area (Å²) >= 11 is 5.20. The van der Waals surface area contributed by atoms with Crippen molar-refractivity contribution in [2.45, 2.75) is 25.2 Å². The minimum Gasteiger partial charge on any atom is -0.265 e. The fraction of sp³-hybridized carbons (Fsp3) is 0.833. The molecule has 0 N–H and O–H groups in total. The van der Waals surface area contributed by atoms with Crippen molar-refractivity contribution >= 4 is 18.1 Å². The van der Waals surface area contributed by atoms with Crippen molar-refractivity contribution in [3.05, 3.63) is 0 Å². The van der Waals surface area contributed by atoms with Crippen LogP contribution in [0, 0.1) is 0 Å². The summed E-state index contributed by atoms with van der Waals surface area (Å²) < 4.78 is 62.3. The minimum atomic E-state index is -5.66. The molecule has 0 saturated carbocycles. The SMILES string of the molecule is CCN1N=CN(Cl)C1C(F)(F)C(F)(F)F. The number of hydrogen-bond donors (Lipinski definition) is 0. The molecule has 0 amide bonds. The van der Waals surface area contributed by atoms with Crippen molar-refractivity contribution in [1.29, 1.82) is 0 Å². The molecule has 0 spiro atoms. The molecule has 1 atom stereocenters. The molecule has 1 aliphatic rings. The maximum absolute atomic E-state index is 13.0. The van der Waals surface area contributed by atoms with E-state index in [2.05, 4.69) is 5.10 Å². The molecule has 0 saturated heterocycles. The molecule has 3 nitrogen and oxygen atoms in total. The van der Waals surface area contributed by atoms with Gasteiger partial charge in [-0.05, 0) is 6.92 Å². The van der Waals surface area contributed by atoms with Crippen molar-refractivity contribution in [2.75, 3.05) is 6.54 Å². The van der Waals surface area contributed by atoms with Gasteiger partial charge in [-0.2, -0.15) is 27.1 Å². The zero-order valence-corrected chi connectivity index (χ0v) is 8.23. The van der Waals surface area contributed by atoms with Gasteiger partial charge in [0, 0.05) is 18.3 Å². The predicted octanol–water partition coefficient (Wildman–Crippen LogP) is 2.24. The molecule has 1 rings (SSSR count). The van der Waals surface area contributed by atoms with E-state index in [-0.39, 0.29) is 11.0 Å². The Morgan fingerprint density at radius 1 is 1.33 bits per heavy atom. The van der Waals surface area contributed by atoms with Gasteiger partial charge < -0.3 is 0 Å². The first kappa shape index (κ1) is 12.3. The quantitative estimate of drug-likeness (QED) is 0.554. The summed E-state index contributed by atoms with van der Waals surface area (Å²) in [4.78, 5) is 0. The largest absolute Gasteiger partial charge is 0.457 e. The first-order valence-electron chi connectivity index (χ1n) is 3.91. The summed E-state index contributed by atoms with van der Waals surface area (Å²) in [5, 5.41) is 3.89. The second-order valence-corrected chi connectivity index (χ2v) is 3.22. The Balaban J connectivity index is 2.96. The second kappa shape index (κ2) is 3.66. The molecule has 0 aromatic heterocycles. The van der Waals surface area contributed by atoms with Crippen LogP contribution in [-0.4, -0.2) is 40.6 Å². The van der Waals surface area contributed by atoms with Gasteiger partial charge >= 0.3 is 12.1 Å². The van der Waals surface area contributed by atoms with Crippen LogP contribution in [0.3, 0.4) is 0 Å². The highest BCUT2D eigenvalue weighted by atomic mass is 35.5. The fourth-order valence-electron chi connectivity index (χ4n) is 1.11. The fourth-order valence-corrected chi connectivity index (χ4v) is 1.37. The normalized spacial score (nSPS) is 22.7. The molecule has 9 heteroatoms. The van der Waals surface area contributed by atoms with E-state index in [0.29, 0.717) is 5.01 Å². The van der Waals surface area contributed by atoms with E-state index in [0.717, 1.165) is 6.34 Å². The summed E-state index contributed by atoms with van der Waals surface area (Å²) in [6.07, 6.45) is -7.27. The molecule has 0 aromatic rings. The highest BCUT2D eigenvalue weighted by molar-refractivity contribution is 6.19. The van der Waals surface area contributed by atoms with Gasteiger partial charge in [0.15, 0.2) is 0 Å². The lowest BCUT2D eigenvalue weighted by Gasteiger charge is -2.33. The second-order valence-electron chi connectivity index (χ2n) is 2.83. The first-order chi connectivity index (χ1) is 6.71. The van der Waals surface area contributed by atoms with E-state index >= 15 is 0 Å². The summed E-state index contributed by atoms with van der Waals surface area (Å²) in [6, 6.07) is 0. The first-order valence-corrected chi connectivity index (χ1v) is 4.25. The topological polar surface area (TPSA) is 18.8 Å². The van der Waals surface area contributed by atoms with E-state index in [1.165, 1.54) is 6.92 Å². The Hall–Kier alpha value is -0.790. The van der Waals surface area contributed by atoms with E-state index in [9.17, 15) is 22.0 Å². The maximum Gasteiger partial charge on any atom is 0.457 e. The molecule has 0 aromatic carbocycles. The predicted molar refractivity (Wildman–Crippen MR) is 43.4 cm³/mol. The minimum absolute atomic E-state index is 0.101. The van der Waals surface area contributed by atoms with Crippen LogP contribution in [-0.2, 0) is 0 Å². The van der Waals surface area contributed by atoms with Crippen LogP contribution in [0.25, 0.3) is 0 Å². The highest BCUT2D eigenvalue weighted by Gasteiger charge is 2.66. The van der Waals surface area contributed by atoms with Crippen molar-refractivity contribution in [3.8, 4) is 0 Å². The lowest BCUT2D eigenvalue weighted by Crippen LogP contribution is -2.56. The molecule has 1 heterocycles. The van der Waals surface area contributed by atoms with Crippen LogP contribution in [0.5, 0.6) is 0 Å². The van der Waals surface area contributed by atoms with E-state index < -0.39 is 18.3 Å². The Labute approximate surface area is 87.2 Å². The summed E-state index contributed by atoms with van der Waals surface area (Å²) in [7, 11) is 0. The average Bonchev–Trinajstić information content (AvgIpc) is 2.44. The summed E-state index contributed by atoms with van der Waals surface area (Å²) in [6.45, 7) is 1.29. The lowest BCUT2D eigenvalue weighted by molar-refractivity contribution is -0.309. The molecule has 1 unspecified atom stereocenters. The lowest BCUT2D eigenvalue weighted by atomic mass is 10.2. The van der Waals surface area contributed by atoms with Crippen LogP contribution in [0.4, 0.5) is 22.0 Å². The molecule has 0 fully saturated rings. The Morgan fingerprint density at radius 2 is 1.87 bits per heavy atom. The number of alkyl halides is 5. The summed E-state index contributed by atoms with van der Waals surface area (Å²) in [5.74, 6) is -4.94. The third kappa shape index (κ3) is 1.95. The van der Waals surface area contributed by atoms with Crippen molar-refractivity contribution in [3.63, 3.8) is 0 Å². The number of hydrazone groups is 1. The number of halogens is 6. The van der Waals surface area contributed by atoms with Crippen LogP contribution in [0.1, 0.15) is 6.92 Å². The van der Waals surface area contributed by atoms with Gasteiger partial charge in [0.25, 0.3) is 0 Å². The zero-order chi connectivity index (χ0) is 11.9. The molecular weight excluding hydrogens is 245 g/mol.